The SMILES string of the molecule is N#Cc1cc(=S)c(C(=O)Cl)c[nH]1. The van der Waals surface area contributed by atoms with E-state index in [0.29, 0.717) is 5.69 Å². The normalized spacial score (nSPS) is 9.00. The van der Waals surface area contributed by atoms with Crippen LogP contribution in [0.5, 0.6) is 0 Å². The maximum atomic E-state index is 10.7. The molecule has 0 spiro atoms. The van der Waals surface area contributed by atoms with Gasteiger partial charge in [0, 0.05) is 6.20 Å². The highest BCUT2D eigenvalue weighted by Crippen LogP contribution is 2.06. The van der Waals surface area contributed by atoms with Gasteiger partial charge in [-0.25, -0.2) is 0 Å². The average Bonchev–Trinajstić information content (AvgIpc) is 2.03. The molecule has 0 saturated carbocycles. The zero-order valence-corrected chi connectivity index (χ0v) is 7.37. The molecule has 0 aromatic carbocycles. The van der Waals surface area contributed by atoms with Crippen LogP contribution in [0.15, 0.2) is 12.3 Å². The van der Waals surface area contributed by atoms with Crippen LogP contribution >= 0.6 is 23.8 Å². The van der Waals surface area contributed by atoms with Crippen LogP contribution in [0.2, 0.25) is 0 Å². The van der Waals surface area contributed by atoms with Gasteiger partial charge in [0.05, 0.1) is 10.1 Å². The number of aromatic amines is 1. The first-order valence-corrected chi connectivity index (χ1v) is 3.76. The van der Waals surface area contributed by atoms with Crippen molar-refractivity contribution >= 4 is 29.1 Å². The second kappa shape index (κ2) is 3.48. The van der Waals surface area contributed by atoms with E-state index in [4.69, 9.17) is 29.1 Å². The van der Waals surface area contributed by atoms with Crippen molar-refractivity contribution in [1.29, 1.82) is 5.26 Å². The third kappa shape index (κ3) is 1.70. The van der Waals surface area contributed by atoms with E-state index < -0.39 is 5.24 Å². The Morgan fingerprint density at radius 2 is 2.42 bits per heavy atom. The van der Waals surface area contributed by atoms with Crippen LogP contribution in [0.3, 0.4) is 0 Å². The molecule has 0 amide bonds. The smallest absolute Gasteiger partial charge is 0.255 e. The van der Waals surface area contributed by atoms with Gasteiger partial charge in [0.1, 0.15) is 11.8 Å². The number of H-pyrrole nitrogens is 1. The quantitative estimate of drug-likeness (QED) is 0.555. The number of hydrogen-bond acceptors (Lipinski definition) is 3. The summed E-state index contributed by atoms with van der Waals surface area (Å²) < 4.78 is 0.283. The van der Waals surface area contributed by atoms with E-state index in [1.54, 1.807) is 0 Å². The maximum absolute atomic E-state index is 10.7. The van der Waals surface area contributed by atoms with Crippen LogP contribution in [0, 0.1) is 15.8 Å². The highest BCUT2D eigenvalue weighted by Gasteiger charge is 2.03. The summed E-state index contributed by atoms with van der Waals surface area (Å²) in [6.45, 7) is 0. The summed E-state index contributed by atoms with van der Waals surface area (Å²) in [4.78, 5) is 13.2. The maximum Gasteiger partial charge on any atom is 0.255 e. The molecule has 0 unspecified atom stereocenters. The van der Waals surface area contributed by atoms with E-state index in [1.165, 1.54) is 12.3 Å². The molecule has 0 aliphatic rings. The van der Waals surface area contributed by atoms with Crippen molar-refractivity contribution in [3.63, 3.8) is 0 Å². The molecule has 1 rings (SSSR count). The predicted octanol–water partition coefficient (Wildman–Crippen LogP) is 1.99. The van der Waals surface area contributed by atoms with Crippen LogP contribution in [0.25, 0.3) is 0 Å². The van der Waals surface area contributed by atoms with Crippen molar-refractivity contribution in [2.75, 3.05) is 0 Å². The molecule has 1 aromatic heterocycles. The molecule has 5 heteroatoms. The van der Waals surface area contributed by atoms with E-state index in [9.17, 15) is 4.79 Å². The molecule has 0 radical (unpaired) electrons. The number of carbonyl (C=O) groups excluding carboxylic acids is 1. The molecule has 1 heterocycles. The molecular formula is C7H3ClN2OS. The molecular weight excluding hydrogens is 196 g/mol. The van der Waals surface area contributed by atoms with Gasteiger partial charge in [0.15, 0.2) is 0 Å². The van der Waals surface area contributed by atoms with Crippen molar-refractivity contribution in [2.24, 2.45) is 0 Å². The van der Waals surface area contributed by atoms with E-state index in [2.05, 4.69) is 4.98 Å². The molecule has 1 aromatic rings. The van der Waals surface area contributed by atoms with E-state index >= 15 is 0 Å². The minimum absolute atomic E-state index is 0.214. The van der Waals surface area contributed by atoms with Crippen LogP contribution in [-0.4, -0.2) is 10.2 Å². The fraction of sp³-hybridized carbons (Fsp3) is 0. The summed E-state index contributed by atoms with van der Waals surface area (Å²) in [6.07, 6.45) is 1.33. The molecule has 0 aliphatic heterocycles. The van der Waals surface area contributed by atoms with Crippen molar-refractivity contribution in [3.05, 3.63) is 28.0 Å². The number of carbonyl (C=O) groups is 1. The molecule has 1 N–H and O–H groups in total. The summed E-state index contributed by atoms with van der Waals surface area (Å²) in [6, 6.07) is 3.25. The minimum Gasteiger partial charge on any atom is -0.352 e. The number of halogens is 1. The van der Waals surface area contributed by atoms with Gasteiger partial charge in [-0.15, -0.1) is 0 Å². The predicted molar refractivity (Wildman–Crippen MR) is 46.5 cm³/mol. The van der Waals surface area contributed by atoms with Crippen molar-refractivity contribution in [1.82, 2.24) is 4.98 Å². The average molecular weight is 199 g/mol. The number of rotatable bonds is 1. The first-order valence-electron chi connectivity index (χ1n) is 2.98. The lowest BCUT2D eigenvalue weighted by Gasteiger charge is -1.93. The first kappa shape index (κ1) is 8.91. The second-order valence-electron chi connectivity index (χ2n) is 2.01. The molecule has 0 bridgehead atoms. The van der Waals surface area contributed by atoms with E-state index in [0.717, 1.165) is 0 Å². The lowest BCUT2D eigenvalue weighted by molar-refractivity contribution is 0.108. The number of hydrogen-bond donors (Lipinski definition) is 1. The van der Waals surface area contributed by atoms with Gasteiger partial charge in [0.2, 0.25) is 0 Å². The van der Waals surface area contributed by atoms with Gasteiger partial charge in [-0.2, -0.15) is 5.26 Å². The Morgan fingerprint density at radius 3 is 2.83 bits per heavy atom. The van der Waals surface area contributed by atoms with Gasteiger partial charge in [-0.3, -0.25) is 4.79 Å². The minimum atomic E-state index is -0.624. The van der Waals surface area contributed by atoms with Gasteiger partial charge < -0.3 is 4.98 Å². The highest BCUT2D eigenvalue weighted by atomic mass is 35.5. The largest absolute Gasteiger partial charge is 0.352 e. The zero-order valence-electron chi connectivity index (χ0n) is 5.80. The zero-order chi connectivity index (χ0) is 9.14. The summed E-state index contributed by atoms with van der Waals surface area (Å²) >= 11 is 10.0. The third-order valence-electron chi connectivity index (χ3n) is 1.25. The van der Waals surface area contributed by atoms with E-state index in [-0.39, 0.29) is 10.1 Å². The Balaban J connectivity index is 3.33. The fourth-order valence-corrected chi connectivity index (χ4v) is 1.17. The molecule has 3 nitrogen and oxygen atoms in total. The Hall–Kier alpha value is -1.18. The first-order chi connectivity index (χ1) is 5.65. The number of nitriles is 1. The number of aromatic nitrogens is 1. The fourth-order valence-electron chi connectivity index (χ4n) is 0.690. The Labute approximate surface area is 78.6 Å². The lowest BCUT2D eigenvalue weighted by atomic mass is 10.3. The number of nitrogens with one attached hydrogen (secondary N) is 1. The monoisotopic (exact) mass is 198 g/mol. The van der Waals surface area contributed by atoms with E-state index in [1.807, 2.05) is 6.07 Å². The van der Waals surface area contributed by atoms with Crippen LogP contribution in [-0.2, 0) is 0 Å². The summed E-state index contributed by atoms with van der Waals surface area (Å²) in [5.41, 5.74) is 0.521. The molecule has 12 heavy (non-hydrogen) atoms. The van der Waals surface area contributed by atoms with Crippen LogP contribution in [0.4, 0.5) is 0 Å². The van der Waals surface area contributed by atoms with Gasteiger partial charge in [-0.1, -0.05) is 12.2 Å². The summed E-state index contributed by atoms with van der Waals surface area (Å²) in [5, 5.41) is 7.82. The van der Waals surface area contributed by atoms with Crippen LogP contribution in [0.1, 0.15) is 16.1 Å². The van der Waals surface area contributed by atoms with Gasteiger partial charge in [0.25, 0.3) is 5.24 Å². The molecule has 0 atom stereocenters. The third-order valence-corrected chi connectivity index (χ3v) is 1.79. The number of pyridine rings is 1. The van der Waals surface area contributed by atoms with Gasteiger partial charge >= 0.3 is 0 Å². The Morgan fingerprint density at radius 1 is 1.75 bits per heavy atom. The second-order valence-corrected chi connectivity index (χ2v) is 2.79. The molecule has 0 saturated heterocycles. The lowest BCUT2D eigenvalue weighted by Crippen LogP contribution is -1.93. The summed E-state index contributed by atoms with van der Waals surface area (Å²) in [7, 11) is 0. The molecule has 0 fully saturated rings. The standard InChI is InChI=1S/C7H3ClN2OS/c8-7(11)5-3-10-4(2-9)1-6(5)12/h1,3H,(H,10,12). The Kier molecular flexibility index (Phi) is 2.58. The van der Waals surface area contributed by atoms with Crippen molar-refractivity contribution in [3.8, 4) is 6.07 Å². The molecule has 60 valence electrons. The Bertz CT molecular complexity index is 418. The van der Waals surface area contributed by atoms with Crippen molar-refractivity contribution in [2.45, 2.75) is 0 Å². The molecule has 0 aliphatic carbocycles. The number of nitrogens with zero attached hydrogens (tertiary/aromatic N) is 1. The topological polar surface area (TPSA) is 56.6 Å². The van der Waals surface area contributed by atoms with Crippen molar-refractivity contribution < 1.29 is 4.79 Å². The van der Waals surface area contributed by atoms with Crippen LogP contribution < -0.4 is 0 Å². The summed E-state index contributed by atoms with van der Waals surface area (Å²) in [5.74, 6) is 0. The highest BCUT2D eigenvalue weighted by molar-refractivity contribution is 7.71. The van der Waals surface area contributed by atoms with Gasteiger partial charge in [-0.05, 0) is 17.7 Å².